The Morgan fingerprint density at radius 3 is 2.82 bits per heavy atom. The molecule has 1 fully saturated rings. The summed E-state index contributed by atoms with van der Waals surface area (Å²) >= 11 is 1.30. The molecule has 17 heavy (non-hydrogen) atoms. The zero-order valence-electron chi connectivity index (χ0n) is 10.3. The predicted molar refractivity (Wildman–Crippen MR) is 67.5 cm³/mol. The molecule has 94 valence electrons. The smallest absolute Gasteiger partial charge is 0.285 e. The van der Waals surface area contributed by atoms with E-state index in [9.17, 15) is 4.79 Å². The first-order valence-electron chi connectivity index (χ1n) is 5.62. The Kier molecular flexibility index (Phi) is 3.58. The van der Waals surface area contributed by atoms with E-state index in [1.54, 1.807) is 7.05 Å². The van der Waals surface area contributed by atoms with Gasteiger partial charge in [0.1, 0.15) is 0 Å². The molecule has 1 amide bonds. The molecule has 1 aromatic rings. The summed E-state index contributed by atoms with van der Waals surface area (Å²) in [6.07, 6.45) is 0. The molecule has 1 aromatic heterocycles. The second kappa shape index (κ2) is 4.97. The third-order valence-electron chi connectivity index (χ3n) is 2.91. The highest BCUT2D eigenvalue weighted by atomic mass is 32.1. The second-order valence-electron chi connectivity index (χ2n) is 4.27. The first kappa shape index (κ1) is 12.3. The molecule has 0 aromatic carbocycles. The molecular formula is C10H17N5OS. The van der Waals surface area contributed by atoms with Crippen molar-refractivity contribution >= 4 is 22.4 Å². The molecule has 7 heteroatoms. The van der Waals surface area contributed by atoms with Gasteiger partial charge in [-0.3, -0.25) is 4.79 Å². The van der Waals surface area contributed by atoms with E-state index in [-0.39, 0.29) is 11.9 Å². The Labute approximate surface area is 105 Å². The molecule has 0 radical (unpaired) electrons. The standard InChI is InChI=1S/C10H17N5OS/c1-7-6-14(3)4-5-15(7)9(16)8-12-13-10(11-2)17-8/h7H,4-6H2,1-3H3,(H,11,13). The Bertz CT molecular complexity index is 407. The fourth-order valence-electron chi connectivity index (χ4n) is 1.97. The zero-order valence-corrected chi connectivity index (χ0v) is 11.1. The number of anilines is 1. The number of nitrogens with zero attached hydrogens (tertiary/aromatic N) is 4. The van der Waals surface area contributed by atoms with Crippen LogP contribution in [0.15, 0.2) is 0 Å². The summed E-state index contributed by atoms with van der Waals surface area (Å²) in [4.78, 5) is 16.3. The quantitative estimate of drug-likeness (QED) is 0.826. The maximum atomic E-state index is 12.2. The van der Waals surface area contributed by atoms with Gasteiger partial charge in [-0.25, -0.2) is 0 Å². The summed E-state index contributed by atoms with van der Waals surface area (Å²) in [7, 11) is 3.84. The van der Waals surface area contributed by atoms with Gasteiger partial charge in [0.25, 0.3) is 5.91 Å². The van der Waals surface area contributed by atoms with E-state index in [1.807, 2.05) is 4.90 Å². The first-order chi connectivity index (χ1) is 8.11. The number of amides is 1. The molecule has 1 unspecified atom stereocenters. The molecule has 1 N–H and O–H groups in total. The van der Waals surface area contributed by atoms with Crippen molar-refractivity contribution in [3.05, 3.63) is 5.01 Å². The molecular weight excluding hydrogens is 238 g/mol. The van der Waals surface area contributed by atoms with E-state index in [0.717, 1.165) is 19.6 Å². The highest BCUT2D eigenvalue weighted by molar-refractivity contribution is 7.17. The van der Waals surface area contributed by atoms with Gasteiger partial charge in [0.05, 0.1) is 0 Å². The third kappa shape index (κ3) is 2.55. The number of piperazine rings is 1. The fourth-order valence-corrected chi connectivity index (χ4v) is 2.63. The lowest BCUT2D eigenvalue weighted by atomic mass is 10.2. The van der Waals surface area contributed by atoms with Crippen molar-refractivity contribution in [1.82, 2.24) is 20.0 Å². The lowest BCUT2D eigenvalue weighted by molar-refractivity contribution is 0.0532. The number of rotatable bonds is 2. The normalized spacial score (nSPS) is 21.6. The van der Waals surface area contributed by atoms with E-state index >= 15 is 0 Å². The molecule has 0 saturated carbocycles. The van der Waals surface area contributed by atoms with Crippen LogP contribution in [0.3, 0.4) is 0 Å². The first-order valence-corrected chi connectivity index (χ1v) is 6.44. The lowest BCUT2D eigenvalue weighted by Crippen LogP contribution is -2.52. The third-order valence-corrected chi connectivity index (χ3v) is 3.84. The number of aromatic nitrogens is 2. The number of hydrogen-bond donors (Lipinski definition) is 1. The molecule has 1 aliphatic rings. The van der Waals surface area contributed by atoms with Crippen LogP contribution in [-0.2, 0) is 0 Å². The Balaban J connectivity index is 2.09. The largest absolute Gasteiger partial charge is 0.363 e. The topological polar surface area (TPSA) is 61.4 Å². The average molecular weight is 255 g/mol. The van der Waals surface area contributed by atoms with Crippen molar-refractivity contribution in [3.8, 4) is 0 Å². The number of nitrogens with one attached hydrogen (secondary N) is 1. The minimum Gasteiger partial charge on any atom is -0.363 e. The number of carbonyl (C=O) groups is 1. The van der Waals surface area contributed by atoms with Gasteiger partial charge in [-0.2, -0.15) is 0 Å². The Hall–Kier alpha value is -1.21. The van der Waals surface area contributed by atoms with E-state index in [2.05, 4.69) is 34.4 Å². The van der Waals surface area contributed by atoms with Gasteiger partial charge < -0.3 is 15.1 Å². The monoisotopic (exact) mass is 255 g/mol. The summed E-state index contributed by atoms with van der Waals surface area (Å²) < 4.78 is 0. The summed E-state index contributed by atoms with van der Waals surface area (Å²) in [5.74, 6) is -0.00963. The Morgan fingerprint density at radius 2 is 2.24 bits per heavy atom. The highest BCUT2D eigenvalue weighted by Crippen LogP contribution is 2.18. The van der Waals surface area contributed by atoms with Gasteiger partial charge in [0.2, 0.25) is 10.1 Å². The molecule has 1 atom stereocenters. The van der Waals surface area contributed by atoms with Crippen LogP contribution in [0.25, 0.3) is 0 Å². The molecule has 6 nitrogen and oxygen atoms in total. The van der Waals surface area contributed by atoms with E-state index < -0.39 is 0 Å². The van der Waals surface area contributed by atoms with Crippen LogP contribution in [0, 0.1) is 0 Å². The molecule has 1 aliphatic heterocycles. The molecule has 1 saturated heterocycles. The minimum absolute atomic E-state index is 0.00963. The van der Waals surface area contributed by atoms with Crippen molar-refractivity contribution in [3.63, 3.8) is 0 Å². The summed E-state index contributed by atoms with van der Waals surface area (Å²) in [6, 6.07) is 0.225. The molecule has 0 aliphatic carbocycles. The van der Waals surface area contributed by atoms with Crippen LogP contribution < -0.4 is 5.32 Å². The summed E-state index contributed by atoms with van der Waals surface area (Å²) in [6.45, 7) is 4.63. The van der Waals surface area contributed by atoms with Crippen LogP contribution >= 0.6 is 11.3 Å². The summed E-state index contributed by atoms with van der Waals surface area (Å²) in [5, 5.41) is 11.8. The van der Waals surface area contributed by atoms with Crippen LogP contribution in [0.5, 0.6) is 0 Å². The maximum absolute atomic E-state index is 12.2. The van der Waals surface area contributed by atoms with Crippen molar-refractivity contribution in [2.45, 2.75) is 13.0 Å². The van der Waals surface area contributed by atoms with E-state index in [1.165, 1.54) is 11.3 Å². The summed E-state index contributed by atoms with van der Waals surface area (Å²) in [5.41, 5.74) is 0. The van der Waals surface area contributed by atoms with Gasteiger partial charge >= 0.3 is 0 Å². The van der Waals surface area contributed by atoms with Crippen molar-refractivity contribution in [1.29, 1.82) is 0 Å². The van der Waals surface area contributed by atoms with E-state index in [4.69, 9.17) is 0 Å². The minimum atomic E-state index is -0.00963. The van der Waals surface area contributed by atoms with Gasteiger partial charge in [-0.15, -0.1) is 10.2 Å². The van der Waals surface area contributed by atoms with Gasteiger partial charge in [-0.1, -0.05) is 11.3 Å². The van der Waals surface area contributed by atoms with Gasteiger partial charge in [-0.05, 0) is 14.0 Å². The van der Waals surface area contributed by atoms with Crippen LogP contribution in [0.4, 0.5) is 5.13 Å². The van der Waals surface area contributed by atoms with Crippen LogP contribution in [-0.4, -0.2) is 65.7 Å². The van der Waals surface area contributed by atoms with Crippen molar-refractivity contribution in [2.75, 3.05) is 39.0 Å². The molecule has 0 spiro atoms. The average Bonchev–Trinajstić information content (AvgIpc) is 2.76. The zero-order chi connectivity index (χ0) is 12.4. The lowest BCUT2D eigenvalue weighted by Gasteiger charge is -2.37. The van der Waals surface area contributed by atoms with Crippen LogP contribution in [0.2, 0.25) is 0 Å². The van der Waals surface area contributed by atoms with Gasteiger partial charge in [0.15, 0.2) is 0 Å². The van der Waals surface area contributed by atoms with Crippen molar-refractivity contribution < 1.29 is 4.79 Å². The number of hydrogen-bond acceptors (Lipinski definition) is 6. The van der Waals surface area contributed by atoms with Gasteiger partial charge in [0, 0.05) is 32.7 Å². The second-order valence-corrected chi connectivity index (χ2v) is 5.25. The van der Waals surface area contributed by atoms with Crippen LogP contribution in [0.1, 0.15) is 16.7 Å². The molecule has 2 rings (SSSR count). The highest BCUT2D eigenvalue weighted by Gasteiger charge is 2.28. The predicted octanol–water partition coefficient (Wildman–Crippen LogP) is 0.356. The SMILES string of the molecule is CNc1nnc(C(=O)N2CCN(C)CC2C)s1. The maximum Gasteiger partial charge on any atom is 0.285 e. The number of likely N-dealkylation sites (N-methyl/N-ethyl adjacent to an activating group) is 1. The fraction of sp³-hybridized carbons (Fsp3) is 0.700. The Morgan fingerprint density at radius 1 is 1.47 bits per heavy atom. The molecule has 0 bridgehead atoms. The number of carbonyl (C=O) groups excluding carboxylic acids is 1. The van der Waals surface area contributed by atoms with Crippen molar-refractivity contribution in [2.24, 2.45) is 0 Å². The van der Waals surface area contributed by atoms with E-state index in [0.29, 0.717) is 10.1 Å². The molecule has 2 heterocycles.